The van der Waals surface area contributed by atoms with E-state index >= 15 is 0 Å². The second-order valence-corrected chi connectivity index (χ2v) is 4.25. The van der Waals surface area contributed by atoms with E-state index in [0.717, 1.165) is 11.3 Å². The Bertz CT molecular complexity index is 430. The summed E-state index contributed by atoms with van der Waals surface area (Å²) in [5.74, 6) is -0.538. The van der Waals surface area contributed by atoms with Gasteiger partial charge in [0.25, 0.3) is 0 Å². The van der Waals surface area contributed by atoms with Gasteiger partial charge in [-0.1, -0.05) is 18.2 Å². The molecule has 18 heavy (non-hydrogen) atoms. The van der Waals surface area contributed by atoms with E-state index in [9.17, 15) is 9.59 Å². The van der Waals surface area contributed by atoms with Crippen molar-refractivity contribution in [2.45, 2.75) is 32.2 Å². The maximum atomic E-state index is 11.5. The first-order chi connectivity index (χ1) is 8.50. The number of primary amides is 1. The van der Waals surface area contributed by atoms with Crippen molar-refractivity contribution in [2.24, 2.45) is 11.5 Å². The SMILES string of the molecule is C[C@H](N)C(=O)Nc1ccccc1CCCC(N)=O. The average molecular weight is 249 g/mol. The van der Waals surface area contributed by atoms with Gasteiger partial charge in [-0.3, -0.25) is 9.59 Å². The molecule has 0 unspecified atom stereocenters. The number of hydrogen-bond donors (Lipinski definition) is 3. The maximum absolute atomic E-state index is 11.5. The topological polar surface area (TPSA) is 98.2 Å². The van der Waals surface area contributed by atoms with Gasteiger partial charge in [-0.15, -0.1) is 0 Å². The Labute approximate surface area is 107 Å². The number of benzene rings is 1. The Balaban J connectivity index is 2.67. The number of anilines is 1. The van der Waals surface area contributed by atoms with E-state index in [2.05, 4.69) is 5.32 Å². The zero-order valence-electron chi connectivity index (χ0n) is 10.5. The number of hydrogen-bond acceptors (Lipinski definition) is 3. The average Bonchev–Trinajstić information content (AvgIpc) is 2.30. The van der Waals surface area contributed by atoms with Gasteiger partial charge >= 0.3 is 0 Å². The van der Waals surface area contributed by atoms with Gasteiger partial charge in [0, 0.05) is 12.1 Å². The largest absolute Gasteiger partial charge is 0.370 e. The molecule has 2 amide bonds. The summed E-state index contributed by atoms with van der Waals surface area (Å²) >= 11 is 0. The van der Waals surface area contributed by atoms with Crippen LogP contribution < -0.4 is 16.8 Å². The minimum atomic E-state index is -0.552. The first kappa shape index (κ1) is 14.2. The van der Waals surface area contributed by atoms with Crippen LogP contribution in [0.3, 0.4) is 0 Å². The molecule has 1 aromatic carbocycles. The van der Waals surface area contributed by atoms with Gasteiger partial charge in [0.1, 0.15) is 0 Å². The normalized spacial score (nSPS) is 11.9. The summed E-state index contributed by atoms with van der Waals surface area (Å²) in [7, 11) is 0. The Morgan fingerprint density at radius 3 is 2.61 bits per heavy atom. The quantitative estimate of drug-likeness (QED) is 0.694. The van der Waals surface area contributed by atoms with Crippen LogP contribution in [0.1, 0.15) is 25.3 Å². The Morgan fingerprint density at radius 2 is 2.00 bits per heavy atom. The second kappa shape index (κ2) is 6.76. The second-order valence-electron chi connectivity index (χ2n) is 4.25. The lowest BCUT2D eigenvalue weighted by Crippen LogP contribution is -2.32. The van der Waals surface area contributed by atoms with Crippen molar-refractivity contribution in [1.29, 1.82) is 0 Å². The molecule has 5 N–H and O–H groups in total. The molecule has 0 aliphatic heterocycles. The number of nitrogens with one attached hydrogen (secondary N) is 1. The summed E-state index contributed by atoms with van der Waals surface area (Å²) in [4.78, 5) is 22.2. The van der Waals surface area contributed by atoms with Gasteiger partial charge in [0.05, 0.1) is 6.04 Å². The predicted molar refractivity (Wildman–Crippen MR) is 70.9 cm³/mol. The van der Waals surface area contributed by atoms with E-state index in [1.807, 2.05) is 24.3 Å². The lowest BCUT2D eigenvalue weighted by Gasteiger charge is -2.12. The molecule has 0 aliphatic rings. The minimum Gasteiger partial charge on any atom is -0.370 e. The van der Waals surface area contributed by atoms with Crippen LogP contribution in [0.15, 0.2) is 24.3 Å². The Morgan fingerprint density at radius 1 is 1.33 bits per heavy atom. The molecule has 1 rings (SSSR count). The van der Waals surface area contributed by atoms with Crippen LogP contribution in [0, 0.1) is 0 Å². The zero-order chi connectivity index (χ0) is 13.5. The van der Waals surface area contributed by atoms with Gasteiger partial charge in [-0.05, 0) is 31.4 Å². The van der Waals surface area contributed by atoms with Crippen molar-refractivity contribution in [3.8, 4) is 0 Å². The number of amides is 2. The van der Waals surface area contributed by atoms with E-state index in [0.29, 0.717) is 19.3 Å². The van der Waals surface area contributed by atoms with Crippen LogP contribution in [-0.2, 0) is 16.0 Å². The van der Waals surface area contributed by atoms with Gasteiger partial charge in [0.15, 0.2) is 0 Å². The number of carbonyl (C=O) groups is 2. The molecular weight excluding hydrogens is 230 g/mol. The molecule has 1 aromatic rings. The van der Waals surface area contributed by atoms with Crippen LogP contribution in [0.2, 0.25) is 0 Å². The molecule has 0 aromatic heterocycles. The van der Waals surface area contributed by atoms with Gasteiger partial charge < -0.3 is 16.8 Å². The van der Waals surface area contributed by atoms with E-state index in [1.165, 1.54) is 0 Å². The third-order valence-corrected chi connectivity index (χ3v) is 2.56. The standard InChI is InChI=1S/C13H19N3O2/c1-9(14)13(18)16-11-7-3-2-5-10(11)6-4-8-12(15)17/h2-3,5,7,9H,4,6,8,14H2,1H3,(H2,15,17)(H,16,18)/t9-/m0/s1. The smallest absolute Gasteiger partial charge is 0.241 e. The summed E-state index contributed by atoms with van der Waals surface area (Å²) in [6.07, 6.45) is 1.70. The van der Waals surface area contributed by atoms with Gasteiger partial charge in [0.2, 0.25) is 11.8 Å². The first-order valence-electron chi connectivity index (χ1n) is 5.93. The fraction of sp³-hybridized carbons (Fsp3) is 0.385. The van der Waals surface area contributed by atoms with Crippen molar-refractivity contribution in [2.75, 3.05) is 5.32 Å². The number of carbonyl (C=O) groups excluding carboxylic acids is 2. The summed E-state index contributed by atoms with van der Waals surface area (Å²) < 4.78 is 0. The number of aryl methyl sites for hydroxylation is 1. The number of rotatable bonds is 6. The van der Waals surface area contributed by atoms with Crippen LogP contribution >= 0.6 is 0 Å². The van der Waals surface area contributed by atoms with Crippen molar-refractivity contribution < 1.29 is 9.59 Å². The third kappa shape index (κ3) is 4.55. The van der Waals surface area contributed by atoms with Crippen LogP contribution in [0.4, 0.5) is 5.69 Å². The lowest BCUT2D eigenvalue weighted by molar-refractivity contribution is -0.118. The molecule has 0 saturated heterocycles. The van der Waals surface area contributed by atoms with Crippen molar-refractivity contribution >= 4 is 17.5 Å². The third-order valence-electron chi connectivity index (χ3n) is 2.56. The molecule has 98 valence electrons. The molecule has 0 spiro atoms. The first-order valence-corrected chi connectivity index (χ1v) is 5.93. The predicted octanol–water partition coefficient (Wildman–Crippen LogP) is 0.780. The molecule has 0 saturated carbocycles. The van der Waals surface area contributed by atoms with Crippen LogP contribution in [-0.4, -0.2) is 17.9 Å². The van der Waals surface area contributed by atoms with E-state index in [-0.39, 0.29) is 11.8 Å². The molecule has 1 atom stereocenters. The Hall–Kier alpha value is -1.88. The number of para-hydroxylation sites is 1. The highest BCUT2D eigenvalue weighted by molar-refractivity contribution is 5.95. The number of nitrogens with two attached hydrogens (primary N) is 2. The van der Waals surface area contributed by atoms with E-state index < -0.39 is 6.04 Å². The lowest BCUT2D eigenvalue weighted by atomic mass is 10.1. The van der Waals surface area contributed by atoms with Crippen molar-refractivity contribution in [1.82, 2.24) is 0 Å². The molecule has 5 heteroatoms. The summed E-state index contributed by atoms with van der Waals surface area (Å²) in [6, 6.07) is 6.91. The molecular formula is C13H19N3O2. The molecule has 5 nitrogen and oxygen atoms in total. The van der Waals surface area contributed by atoms with Crippen molar-refractivity contribution in [3.05, 3.63) is 29.8 Å². The minimum absolute atomic E-state index is 0.225. The summed E-state index contributed by atoms with van der Waals surface area (Å²) in [5.41, 5.74) is 12.3. The zero-order valence-corrected chi connectivity index (χ0v) is 10.5. The highest BCUT2D eigenvalue weighted by Gasteiger charge is 2.10. The highest BCUT2D eigenvalue weighted by atomic mass is 16.2. The Kier molecular flexibility index (Phi) is 5.32. The highest BCUT2D eigenvalue weighted by Crippen LogP contribution is 2.17. The van der Waals surface area contributed by atoms with Gasteiger partial charge in [-0.2, -0.15) is 0 Å². The molecule has 0 heterocycles. The monoisotopic (exact) mass is 249 g/mol. The fourth-order valence-electron chi connectivity index (χ4n) is 1.56. The molecule has 0 aliphatic carbocycles. The molecule has 0 radical (unpaired) electrons. The van der Waals surface area contributed by atoms with Gasteiger partial charge in [-0.25, -0.2) is 0 Å². The van der Waals surface area contributed by atoms with E-state index in [4.69, 9.17) is 11.5 Å². The van der Waals surface area contributed by atoms with E-state index in [1.54, 1.807) is 6.92 Å². The van der Waals surface area contributed by atoms with Crippen LogP contribution in [0.25, 0.3) is 0 Å². The van der Waals surface area contributed by atoms with Crippen LogP contribution in [0.5, 0.6) is 0 Å². The summed E-state index contributed by atoms with van der Waals surface area (Å²) in [5, 5.41) is 2.77. The molecule has 0 bridgehead atoms. The fourth-order valence-corrected chi connectivity index (χ4v) is 1.56. The maximum Gasteiger partial charge on any atom is 0.241 e. The molecule has 0 fully saturated rings. The summed E-state index contributed by atoms with van der Waals surface area (Å²) in [6.45, 7) is 1.63. The van der Waals surface area contributed by atoms with Crippen molar-refractivity contribution in [3.63, 3.8) is 0 Å².